The van der Waals surface area contributed by atoms with Gasteiger partial charge in [0.2, 0.25) is 5.91 Å². The average Bonchev–Trinajstić information content (AvgIpc) is 2.47. The molecule has 1 rings (SSSR count). The Hall–Kier alpha value is -0.770. The van der Waals surface area contributed by atoms with Crippen molar-refractivity contribution >= 4 is 23.5 Å². The molecule has 1 fully saturated rings. The summed E-state index contributed by atoms with van der Waals surface area (Å²) in [6.45, 7) is 4.15. The second kappa shape index (κ2) is 4.46. The summed E-state index contributed by atoms with van der Waals surface area (Å²) in [5, 5.41) is 0. The van der Waals surface area contributed by atoms with Gasteiger partial charge in [-0.05, 0) is 18.9 Å². The molecular formula is C9H13NO2S. The van der Waals surface area contributed by atoms with E-state index in [1.807, 2.05) is 6.26 Å². The molecule has 1 heterocycles. The molecule has 0 saturated carbocycles. The molecule has 0 aromatic heterocycles. The number of thioether (sulfide) groups is 1. The highest BCUT2D eigenvalue weighted by atomic mass is 32.2. The highest BCUT2D eigenvalue weighted by Gasteiger charge is 2.34. The van der Waals surface area contributed by atoms with Crippen molar-refractivity contribution in [1.29, 1.82) is 0 Å². The van der Waals surface area contributed by atoms with Crippen molar-refractivity contribution in [1.82, 2.24) is 4.90 Å². The molecular weight excluding hydrogens is 186 g/mol. The number of amides is 1. The lowest BCUT2D eigenvalue weighted by Crippen LogP contribution is -2.27. The van der Waals surface area contributed by atoms with Gasteiger partial charge in [-0.25, -0.2) is 0 Å². The van der Waals surface area contributed by atoms with E-state index in [1.165, 1.54) is 22.9 Å². The number of Topliss-reactive ketones (excluding diaryl/α,β-unsaturated/α-hetero) is 1. The summed E-state index contributed by atoms with van der Waals surface area (Å²) >= 11 is 1.46. The summed E-state index contributed by atoms with van der Waals surface area (Å²) in [6.07, 6.45) is 4.00. The van der Waals surface area contributed by atoms with Gasteiger partial charge in [-0.1, -0.05) is 6.58 Å². The van der Waals surface area contributed by atoms with Gasteiger partial charge in [0, 0.05) is 6.54 Å². The summed E-state index contributed by atoms with van der Waals surface area (Å²) < 4.78 is 0. The molecule has 0 aliphatic carbocycles. The lowest BCUT2D eigenvalue weighted by molar-refractivity contribution is -0.134. The molecule has 1 aliphatic rings. The monoisotopic (exact) mass is 199 g/mol. The molecule has 72 valence electrons. The maximum absolute atomic E-state index is 11.5. The van der Waals surface area contributed by atoms with Gasteiger partial charge in [-0.3, -0.25) is 9.59 Å². The van der Waals surface area contributed by atoms with Crippen molar-refractivity contribution in [3.05, 3.63) is 12.8 Å². The molecule has 0 bridgehead atoms. The van der Waals surface area contributed by atoms with E-state index in [1.54, 1.807) is 0 Å². The molecule has 0 aromatic carbocycles. The standard InChI is InChI=1S/C9H13NO2S/c1-3-10-5-4-7(9(10)12)8(11)6-13-2/h3,7H,1,4-6H2,2H3/t7-/m0/s1. The molecule has 1 amide bonds. The number of rotatable bonds is 4. The lowest BCUT2D eigenvalue weighted by atomic mass is 10.0. The zero-order valence-electron chi connectivity index (χ0n) is 7.66. The van der Waals surface area contributed by atoms with Crippen LogP contribution >= 0.6 is 11.8 Å². The molecule has 0 radical (unpaired) electrons. The third-order valence-corrected chi connectivity index (χ3v) is 2.71. The van der Waals surface area contributed by atoms with Gasteiger partial charge >= 0.3 is 0 Å². The Balaban J connectivity index is 2.59. The second-order valence-corrected chi connectivity index (χ2v) is 3.82. The van der Waals surface area contributed by atoms with Crippen LogP contribution in [0.2, 0.25) is 0 Å². The maximum atomic E-state index is 11.5. The summed E-state index contributed by atoms with van der Waals surface area (Å²) in [5.41, 5.74) is 0. The predicted octanol–water partition coefficient (Wildman–Crippen LogP) is 0.911. The molecule has 4 heteroatoms. The summed E-state index contributed by atoms with van der Waals surface area (Å²) in [4.78, 5) is 24.4. The molecule has 0 spiro atoms. The first-order chi connectivity index (χ1) is 6.20. The molecule has 13 heavy (non-hydrogen) atoms. The zero-order valence-corrected chi connectivity index (χ0v) is 8.47. The van der Waals surface area contributed by atoms with Crippen LogP contribution in [0.25, 0.3) is 0 Å². The van der Waals surface area contributed by atoms with E-state index >= 15 is 0 Å². The summed E-state index contributed by atoms with van der Waals surface area (Å²) in [7, 11) is 0. The van der Waals surface area contributed by atoms with Crippen LogP contribution in [0.5, 0.6) is 0 Å². The number of ketones is 1. The van der Waals surface area contributed by atoms with Gasteiger partial charge in [-0.2, -0.15) is 11.8 Å². The van der Waals surface area contributed by atoms with Crippen molar-refractivity contribution in [3.8, 4) is 0 Å². The number of likely N-dealkylation sites (tertiary alicyclic amines) is 1. The molecule has 1 aliphatic heterocycles. The van der Waals surface area contributed by atoms with Crippen LogP contribution in [-0.4, -0.2) is 35.1 Å². The topological polar surface area (TPSA) is 37.4 Å². The van der Waals surface area contributed by atoms with Crippen LogP contribution in [0, 0.1) is 5.92 Å². The van der Waals surface area contributed by atoms with Gasteiger partial charge in [0.05, 0.1) is 11.7 Å². The van der Waals surface area contributed by atoms with Gasteiger partial charge in [0.1, 0.15) is 0 Å². The molecule has 1 atom stereocenters. The van der Waals surface area contributed by atoms with Crippen LogP contribution < -0.4 is 0 Å². The minimum atomic E-state index is -0.412. The van der Waals surface area contributed by atoms with Gasteiger partial charge < -0.3 is 4.90 Å². The highest BCUT2D eigenvalue weighted by Crippen LogP contribution is 2.20. The Morgan fingerprint density at radius 3 is 3.00 bits per heavy atom. The SMILES string of the molecule is C=CN1CC[C@@H](C(=O)CSC)C1=O. The van der Waals surface area contributed by atoms with E-state index in [9.17, 15) is 9.59 Å². The Morgan fingerprint density at radius 1 is 1.85 bits per heavy atom. The highest BCUT2D eigenvalue weighted by molar-refractivity contribution is 7.99. The van der Waals surface area contributed by atoms with Crippen LogP contribution in [-0.2, 0) is 9.59 Å². The lowest BCUT2D eigenvalue weighted by Gasteiger charge is -2.09. The number of hydrogen-bond acceptors (Lipinski definition) is 3. The van der Waals surface area contributed by atoms with E-state index in [4.69, 9.17) is 0 Å². The number of nitrogens with zero attached hydrogens (tertiary/aromatic N) is 1. The molecule has 3 nitrogen and oxygen atoms in total. The van der Waals surface area contributed by atoms with Crippen LogP contribution in [0.1, 0.15) is 6.42 Å². The van der Waals surface area contributed by atoms with E-state index in [0.717, 1.165) is 0 Å². The van der Waals surface area contributed by atoms with E-state index in [0.29, 0.717) is 18.7 Å². The third kappa shape index (κ3) is 2.12. The maximum Gasteiger partial charge on any atom is 0.237 e. The minimum absolute atomic E-state index is 0.0434. The van der Waals surface area contributed by atoms with E-state index < -0.39 is 5.92 Å². The fraction of sp³-hybridized carbons (Fsp3) is 0.556. The summed E-state index contributed by atoms with van der Waals surface area (Å²) in [6, 6.07) is 0. The Morgan fingerprint density at radius 2 is 2.54 bits per heavy atom. The number of carbonyl (C=O) groups is 2. The van der Waals surface area contributed by atoms with E-state index in [2.05, 4.69) is 6.58 Å². The first kappa shape index (κ1) is 10.3. The molecule has 0 aromatic rings. The van der Waals surface area contributed by atoms with Crippen molar-refractivity contribution in [2.45, 2.75) is 6.42 Å². The molecule has 1 saturated heterocycles. The minimum Gasteiger partial charge on any atom is -0.319 e. The van der Waals surface area contributed by atoms with Crippen LogP contribution in [0.3, 0.4) is 0 Å². The van der Waals surface area contributed by atoms with Crippen molar-refractivity contribution in [2.75, 3.05) is 18.6 Å². The smallest absolute Gasteiger partial charge is 0.237 e. The van der Waals surface area contributed by atoms with Crippen molar-refractivity contribution in [3.63, 3.8) is 0 Å². The normalized spacial score (nSPS) is 22.1. The first-order valence-electron chi connectivity index (χ1n) is 4.15. The molecule has 0 unspecified atom stereocenters. The fourth-order valence-corrected chi connectivity index (χ4v) is 1.91. The number of carbonyl (C=O) groups excluding carboxylic acids is 2. The van der Waals surface area contributed by atoms with Crippen molar-refractivity contribution in [2.24, 2.45) is 5.92 Å². The predicted molar refractivity (Wildman–Crippen MR) is 53.4 cm³/mol. The number of hydrogen-bond donors (Lipinski definition) is 0. The van der Waals surface area contributed by atoms with Crippen LogP contribution in [0.15, 0.2) is 12.8 Å². The zero-order chi connectivity index (χ0) is 9.84. The van der Waals surface area contributed by atoms with Crippen molar-refractivity contribution < 1.29 is 9.59 Å². The second-order valence-electron chi connectivity index (χ2n) is 2.95. The van der Waals surface area contributed by atoms with Gasteiger partial charge in [-0.15, -0.1) is 0 Å². The average molecular weight is 199 g/mol. The van der Waals surface area contributed by atoms with Gasteiger partial charge in [0.25, 0.3) is 0 Å². The Kier molecular flexibility index (Phi) is 3.54. The quantitative estimate of drug-likeness (QED) is 0.632. The third-order valence-electron chi connectivity index (χ3n) is 2.14. The van der Waals surface area contributed by atoms with Crippen LogP contribution in [0.4, 0.5) is 0 Å². The largest absolute Gasteiger partial charge is 0.319 e. The van der Waals surface area contributed by atoms with E-state index in [-0.39, 0.29) is 11.7 Å². The Labute approximate surface area is 82.2 Å². The summed E-state index contributed by atoms with van der Waals surface area (Å²) in [5.74, 6) is -0.0251. The molecule has 0 N–H and O–H groups in total. The Bertz CT molecular complexity index is 240. The first-order valence-corrected chi connectivity index (χ1v) is 5.54. The fourth-order valence-electron chi connectivity index (χ4n) is 1.42. The van der Waals surface area contributed by atoms with Gasteiger partial charge in [0.15, 0.2) is 5.78 Å².